The van der Waals surface area contributed by atoms with Crippen molar-refractivity contribution in [1.82, 2.24) is 10.6 Å². The molecule has 4 N–H and O–H groups in total. The number of nitrogens with two attached hydrogens (primary N) is 1. The molecule has 1 aromatic carbocycles. The average molecular weight is 303 g/mol. The summed E-state index contributed by atoms with van der Waals surface area (Å²) < 4.78 is 5.61. The zero-order valence-electron chi connectivity index (χ0n) is 12.5. The molecule has 1 aliphatic rings. The molecule has 118 valence electrons. The summed E-state index contributed by atoms with van der Waals surface area (Å²) in [5.74, 6) is 0.0639. The molecule has 6 heteroatoms. The highest BCUT2D eigenvalue weighted by Crippen LogP contribution is 2.18. The van der Waals surface area contributed by atoms with Crippen LogP contribution in [0.1, 0.15) is 23.7 Å². The number of rotatable bonds is 0. The minimum atomic E-state index is -0.602. The Balaban J connectivity index is 2.18. The number of ether oxygens (including phenoxy) is 1. The highest BCUT2D eigenvalue weighted by atomic mass is 16.5. The lowest BCUT2D eigenvalue weighted by Crippen LogP contribution is -2.46. The van der Waals surface area contributed by atoms with Crippen LogP contribution in [0.25, 0.3) is 0 Å². The lowest BCUT2D eigenvalue weighted by atomic mass is 10.1. The van der Waals surface area contributed by atoms with Crippen LogP contribution in [0.3, 0.4) is 0 Å². The summed E-state index contributed by atoms with van der Waals surface area (Å²) in [4.78, 5) is 24.1. The molecule has 0 aromatic heterocycles. The maximum atomic E-state index is 12.3. The molecule has 0 aliphatic carbocycles. The van der Waals surface area contributed by atoms with Crippen LogP contribution in [-0.4, -0.2) is 37.0 Å². The van der Waals surface area contributed by atoms with Gasteiger partial charge >= 0.3 is 0 Å². The topological polar surface area (TPSA) is 93.5 Å². The fraction of sp³-hybridized carbons (Fsp3) is 0.375. The van der Waals surface area contributed by atoms with Crippen molar-refractivity contribution in [2.24, 2.45) is 5.73 Å². The molecule has 0 fully saturated rings. The van der Waals surface area contributed by atoms with Crippen LogP contribution < -0.4 is 21.1 Å². The number of para-hydroxylation sites is 1. The van der Waals surface area contributed by atoms with Crippen LogP contribution >= 0.6 is 0 Å². The fourth-order valence-electron chi connectivity index (χ4n) is 2.07. The average Bonchev–Trinajstić information content (AvgIpc) is 2.51. The van der Waals surface area contributed by atoms with Crippen molar-refractivity contribution < 1.29 is 14.3 Å². The van der Waals surface area contributed by atoms with E-state index < -0.39 is 6.04 Å². The Morgan fingerprint density at radius 3 is 2.82 bits per heavy atom. The van der Waals surface area contributed by atoms with E-state index in [9.17, 15) is 9.59 Å². The SMILES string of the molecule is C[C@H]1CNC(=O)[C@@H](N)C/C=C/COc2ccccc2C(=O)N1. The first kappa shape index (κ1) is 16.0. The Morgan fingerprint density at radius 1 is 1.23 bits per heavy atom. The predicted octanol–water partition coefficient (Wildman–Crippen LogP) is 0.587. The van der Waals surface area contributed by atoms with Gasteiger partial charge in [-0.15, -0.1) is 0 Å². The summed E-state index contributed by atoms with van der Waals surface area (Å²) in [7, 11) is 0. The van der Waals surface area contributed by atoms with Gasteiger partial charge in [0.15, 0.2) is 0 Å². The van der Waals surface area contributed by atoms with E-state index in [-0.39, 0.29) is 17.9 Å². The summed E-state index contributed by atoms with van der Waals surface area (Å²) in [5, 5.41) is 5.57. The number of hydrogen-bond donors (Lipinski definition) is 3. The first-order chi connectivity index (χ1) is 10.6. The lowest BCUT2D eigenvalue weighted by Gasteiger charge is -2.18. The molecular weight excluding hydrogens is 282 g/mol. The van der Waals surface area contributed by atoms with Gasteiger partial charge in [-0.25, -0.2) is 0 Å². The first-order valence-electron chi connectivity index (χ1n) is 7.29. The lowest BCUT2D eigenvalue weighted by molar-refractivity contribution is -0.122. The van der Waals surface area contributed by atoms with Crippen molar-refractivity contribution >= 4 is 11.8 Å². The van der Waals surface area contributed by atoms with Crippen molar-refractivity contribution in [3.8, 4) is 5.75 Å². The molecule has 6 nitrogen and oxygen atoms in total. The van der Waals surface area contributed by atoms with Crippen molar-refractivity contribution in [2.45, 2.75) is 25.4 Å². The number of fused-ring (bicyclic) bond motifs is 1. The second kappa shape index (κ2) is 7.61. The predicted molar refractivity (Wildman–Crippen MR) is 83.6 cm³/mol. The van der Waals surface area contributed by atoms with E-state index in [2.05, 4.69) is 10.6 Å². The fourth-order valence-corrected chi connectivity index (χ4v) is 2.07. The molecule has 22 heavy (non-hydrogen) atoms. The largest absolute Gasteiger partial charge is 0.489 e. The van der Waals surface area contributed by atoms with E-state index in [0.717, 1.165) is 0 Å². The summed E-state index contributed by atoms with van der Waals surface area (Å²) >= 11 is 0. The van der Waals surface area contributed by atoms with Gasteiger partial charge in [0.1, 0.15) is 12.4 Å². The van der Waals surface area contributed by atoms with Gasteiger partial charge in [0.25, 0.3) is 5.91 Å². The van der Waals surface area contributed by atoms with Gasteiger partial charge in [0.2, 0.25) is 5.91 Å². The van der Waals surface area contributed by atoms with Crippen LogP contribution in [-0.2, 0) is 4.79 Å². The number of nitrogens with one attached hydrogen (secondary N) is 2. The van der Waals surface area contributed by atoms with E-state index in [1.807, 2.05) is 19.1 Å². The molecule has 2 atom stereocenters. The molecule has 1 aliphatic heterocycles. The van der Waals surface area contributed by atoms with E-state index in [1.54, 1.807) is 24.3 Å². The second-order valence-corrected chi connectivity index (χ2v) is 5.24. The molecule has 0 unspecified atom stereocenters. The number of carbonyl (C=O) groups excluding carboxylic acids is 2. The monoisotopic (exact) mass is 303 g/mol. The third-order valence-electron chi connectivity index (χ3n) is 3.32. The van der Waals surface area contributed by atoms with Gasteiger partial charge in [-0.2, -0.15) is 0 Å². The second-order valence-electron chi connectivity index (χ2n) is 5.24. The number of amides is 2. The summed E-state index contributed by atoms with van der Waals surface area (Å²) in [6.45, 7) is 2.46. The molecule has 0 bridgehead atoms. The van der Waals surface area contributed by atoms with Gasteiger partial charge in [0, 0.05) is 12.6 Å². The van der Waals surface area contributed by atoms with Gasteiger partial charge < -0.3 is 21.1 Å². The molecule has 0 saturated heterocycles. The molecule has 0 saturated carbocycles. The van der Waals surface area contributed by atoms with Gasteiger partial charge in [-0.05, 0) is 25.5 Å². The quantitative estimate of drug-likeness (QED) is 0.611. The minimum absolute atomic E-state index is 0.213. The first-order valence-corrected chi connectivity index (χ1v) is 7.29. The molecule has 2 amide bonds. The van der Waals surface area contributed by atoms with E-state index >= 15 is 0 Å². The molecule has 0 spiro atoms. The highest BCUT2D eigenvalue weighted by molar-refractivity contribution is 5.97. The zero-order chi connectivity index (χ0) is 15.9. The number of carbonyl (C=O) groups is 2. The summed E-state index contributed by atoms with van der Waals surface area (Å²) in [6.07, 6.45) is 4.04. The maximum Gasteiger partial charge on any atom is 0.255 e. The van der Waals surface area contributed by atoms with Crippen molar-refractivity contribution in [2.75, 3.05) is 13.2 Å². The van der Waals surface area contributed by atoms with Gasteiger partial charge in [-0.1, -0.05) is 24.3 Å². The molecule has 2 rings (SSSR count). The van der Waals surface area contributed by atoms with Crippen molar-refractivity contribution in [3.63, 3.8) is 0 Å². The Kier molecular flexibility index (Phi) is 5.55. The number of benzene rings is 1. The normalized spacial score (nSPS) is 25.0. The Labute approximate surface area is 129 Å². The maximum absolute atomic E-state index is 12.3. The van der Waals surface area contributed by atoms with E-state index in [0.29, 0.717) is 30.9 Å². The van der Waals surface area contributed by atoms with Crippen LogP contribution in [0.15, 0.2) is 36.4 Å². The smallest absolute Gasteiger partial charge is 0.255 e. The Hall–Kier alpha value is -2.34. The summed E-state index contributed by atoms with van der Waals surface area (Å²) in [5.41, 5.74) is 6.26. The molecule has 1 aromatic rings. The van der Waals surface area contributed by atoms with Crippen LogP contribution in [0.4, 0.5) is 0 Å². The highest BCUT2D eigenvalue weighted by Gasteiger charge is 2.17. The number of hydrogen-bond acceptors (Lipinski definition) is 4. The third kappa shape index (κ3) is 4.33. The van der Waals surface area contributed by atoms with Crippen LogP contribution in [0, 0.1) is 0 Å². The van der Waals surface area contributed by atoms with Crippen LogP contribution in [0.5, 0.6) is 5.75 Å². The Bertz CT molecular complexity index is 572. The Morgan fingerprint density at radius 2 is 2.00 bits per heavy atom. The zero-order valence-corrected chi connectivity index (χ0v) is 12.5. The summed E-state index contributed by atoms with van der Waals surface area (Å²) in [6, 6.07) is 6.25. The minimum Gasteiger partial charge on any atom is -0.489 e. The molecular formula is C16H21N3O3. The standard InChI is InChI=1S/C16H21N3O3/c1-11-10-18-16(21)13(17)7-4-5-9-22-14-8-3-2-6-12(14)15(20)19-11/h2-6,8,11,13H,7,9-10,17H2,1H3,(H,18,21)(H,19,20)/b5-4+/t11-,13-/m0/s1. The van der Waals surface area contributed by atoms with Gasteiger partial charge in [-0.3, -0.25) is 9.59 Å². The van der Waals surface area contributed by atoms with Crippen molar-refractivity contribution in [3.05, 3.63) is 42.0 Å². The molecule has 0 radical (unpaired) electrons. The van der Waals surface area contributed by atoms with E-state index in [4.69, 9.17) is 10.5 Å². The van der Waals surface area contributed by atoms with E-state index in [1.165, 1.54) is 0 Å². The third-order valence-corrected chi connectivity index (χ3v) is 3.32. The van der Waals surface area contributed by atoms with Crippen LogP contribution in [0.2, 0.25) is 0 Å². The molecule has 1 heterocycles. The van der Waals surface area contributed by atoms with Crippen molar-refractivity contribution in [1.29, 1.82) is 0 Å². The van der Waals surface area contributed by atoms with Gasteiger partial charge in [0.05, 0.1) is 11.6 Å².